The van der Waals surface area contributed by atoms with E-state index in [1.807, 2.05) is 12.1 Å². The van der Waals surface area contributed by atoms with Crippen LogP contribution in [0.15, 0.2) is 18.2 Å². The van der Waals surface area contributed by atoms with E-state index in [1.54, 1.807) is 14.2 Å². The van der Waals surface area contributed by atoms with Crippen LogP contribution in [0, 0.1) is 5.92 Å². The molecule has 1 fully saturated rings. The van der Waals surface area contributed by atoms with Gasteiger partial charge in [0.05, 0.1) is 14.2 Å². The third-order valence-electron chi connectivity index (χ3n) is 3.66. The van der Waals surface area contributed by atoms with E-state index < -0.39 is 0 Å². The van der Waals surface area contributed by atoms with Gasteiger partial charge in [0, 0.05) is 18.0 Å². The van der Waals surface area contributed by atoms with Crippen molar-refractivity contribution in [2.24, 2.45) is 5.92 Å². The van der Waals surface area contributed by atoms with Crippen molar-refractivity contribution in [2.75, 3.05) is 27.3 Å². The maximum absolute atomic E-state index is 5.52. The van der Waals surface area contributed by atoms with Crippen molar-refractivity contribution in [3.63, 3.8) is 0 Å². The summed E-state index contributed by atoms with van der Waals surface area (Å²) in [6.45, 7) is 4.44. The molecule has 1 saturated heterocycles. The van der Waals surface area contributed by atoms with Crippen LogP contribution in [0.4, 0.5) is 0 Å². The molecular weight excluding hydrogens is 214 g/mol. The highest BCUT2D eigenvalue weighted by Gasteiger charge is 2.26. The first-order valence-electron chi connectivity index (χ1n) is 6.19. The fourth-order valence-electron chi connectivity index (χ4n) is 2.61. The minimum absolute atomic E-state index is 0.508. The van der Waals surface area contributed by atoms with Gasteiger partial charge in [0.2, 0.25) is 0 Å². The number of hydrogen-bond donors (Lipinski definition) is 1. The Kier molecular flexibility index (Phi) is 3.89. The van der Waals surface area contributed by atoms with E-state index in [0.29, 0.717) is 11.8 Å². The average molecular weight is 235 g/mol. The summed E-state index contributed by atoms with van der Waals surface area (Å²) < 4.78 is 10.9. The number of benzene rings is 1. The molecule has 0 spiro atoms. The topological polar surface area (TPSA) is 30.5 Å². The third kappa shape index (κ3) is 2.39. The van der Waals surface area contributed by atoms with E-state index >= 15 is 0 Å². The summed E-state index contributed by atoms with van der Waals surface area (Å²) in [5.74, 6) is 2.89. The largest absolute Gasteiger partial charge is 0.493 e. The Hall–Kier alpha value is -1.22. The van der Waals surface area contributed by atoms with Gasteiger partial charge >= 0.3 is 0 Å². The zero-order chi connectivity index (χ0) is 12.3. The number of piperidine rings is 1. The number of hydrogen-bond acceptors (Lipinski definition) is 3. The van der Waals surface area contributed by atoms with Gasteiger partial charge in [-0.2, -0.15) is 0 Å². The summed E-state index contributed by atoms with van der Waals surface area (Å²) in [5.41, 5.74) is 1.26. The van der Waals surface area contributed by atoms with Crippen molar-refractivity contribution in [1.82, 2.24) is 5.32 Å². The highest BCUT2D eigenvalue weighted by atomic mass is 16.5. The summed E-state index contributed by atoms with van der Waals surface area (Å²) >= 11 is 0. The van der Waals surface area contributed by atoms with Crippen molar-refractivity contribution >= 4 is 0 Å². The Bertz CT molecular complexity index is 378. The van der Waals surface area contributed by atoms with Crippen LogP contribution in [0.3, 0.4) is 0 Å². The minimum Gasteiger partial charge on any atom is -0.493 e. The lowest BCUT2D eigenvalue weighted by molar-refractivity contribution is 0.319. The van der Waals surface area contributed by atoms with E-state index in [-0.39, 0.29) is 0 Å². The van der Waals surface area contributed by atoms with Crippen LogP contribution < -0.4 is 14.8 Å². The molecule has 1 aromatic rings. The average Bonchev–Trinajstić information content (AvgIpc) is 2.38. The molecule has 3 heteroatoms. The predicted molar refractivity (Wildman–Crippen MR) is 68.9 cm³/mol. The monoisotopic (exact) mass is 235 g/mol. The highest BCUT2D eigenvalue weighted by molar-refractivity contribution is 5.48. The first-order valence-corrected chi connectivity index (χ1v) is 6.19. The molecule has 17 heavy (non-hydrogen) atoms. The molecule has 2 rings (SSSR count). The van der Waals surface area contributed by atoms with Crippen LogP contribution in [0.2, 0.25) is 0 Å². The Morgan fingerprint density at radius 3 is 2.71 bits per heavy atom. The molecule has 0 saturated carbocycles. The van der Waals surface area contributed by atoms with Crippen molar-refractivity contribution in [3.8, 4) is 11.5 Å². The summed E-state index contributed by atoms with van der Waals surface area (Å²) in [5, 5.41) is 3.46. The van der Waals surface area contributed by atoms with Crippen LogP contribution in [0.25, 0.3) is 0 Å². The van der Waals surface area contributed by atoms with E-state index in [4.69, 9.17) is 9.47 Å². The molecule has 0 bridgehead atoms. The molecule has 0 aliphatic carbocycles. The normalized spacial score (nSPS) is 24.4. The van der Waals surface area contributed by atoms with Gasteiger partial charge in [0.15, 0.2) is 11.5 Å². The van der Waals surface area contributed by atoms with E-state index in [9.17, 15) is 0 Å². The van der Waals surface area contributed by atoms with Crippen LogP contribution >= 0.6 is 0 Å². The van der Waals surface area contributed by atoms with Crippen LogP contribution in [-0.4, -0.2) is 27.3 Å². The second-order valence-corrected chi connectivity index (χ2v) is 4.66. The lowest BCUT2D eigenvalue weighted by atomic mass is 9.82. The molecule has 3 nitrogen and oxygen atoms in total. The highest BCUT2D eigenvalue weighted by Crippen LogP contribution is 2.39. The number of methoxy groups -OCH3 is 2. The molecule has 1 aromatic carbocycles. The van der Waals surface area contributed by atoms with Gasteiger partial charge < -0.3 is 14.8 Å². The molecular formula is C14H21NO2. The maximum atomic E-state index is 5.52. The summed E-state index contributed by atoms with van der Waals surface area (Å²) in [4.78, 5) is 0. The van der Waals surface area contributed by atoms with Crippen LogP contribution in [0.1, 0.15) is 24.8 Å². The summed E-state index contributed by atoms with van der Waals surface area (Å²) in [7, 11) is 3.40. The predicted octanol–water partition coefficient (Wildman–Crippen LogP) is 2.42. The van der Waals surface area contributed by atoms with Gasteiger partial charge in [-0.3, -0.25) is 0 Å². The lowest BCUT2D eigenvalue weighted by Crippen LogP contribution is -2.34. The van der Waals surface area contributed by atoms with E-state index in [2.05, 4.69) is 18.3 Å². The maximum Gasteiger partial charge on any atom is 0.164 e. The van der Waals surface area contributed by atoms with Crippen molar-refractivity contribution in [3.05, 3.63) is 23.8 Å². The Morgan fingerprint density at radius 2 is 2.06 bits per heavy atom. The van der Waals surface area contributed by atoms with E-state index in [0.717, 1.165) is 24.6 Å². The van der Waals surface area contributed by atoms with E-state index in [1.165, 1.54) is 12.0 Å². The van der Waals surface area contributed by atoms with Gasteiger partial charge in [-0.25, -0.2) is 0 Å². The van der Waals surface area contributed by atoms with Crippen molar-refractivity contribution in [2.45, 2.75) is 19.3 Å². The standard InChI is InChI=1S/C14H21NO2/c1-10-7-8-15-9-12(10)11-5-4-6-13(16-2)14(11)17-3/h4-6,10,12,15H,7-9H2,1-3H3. The fraction of sp³-hybridized carbons (Fsp3) is 0.571. The first-order chi connectivity index (χ1) is 8.27. The summed E-state index contributed by atoms with van der Waals surface area (Å²) in [6.07, 6.45) is 1.21. The molecule has 2 atom stereocenters. The molecule has 0 amide bonds. The molecule has 1 N–H and O–H groups in total. The number of rotatable bonds is 3. The zero-order valence-electron chi connectivity index (χ0n) is 10.8. The second-order valence-electron chi connectivity index (χ2n) is 4.66. The Morgan fingerprint density at radius 1 is 1.24 bits per heavy atom. The molecule has 1 aliphatic heterocycles. The molecule has 2 unspecified atom stereocenters. The molecule has 0 radical (unpaired) electrons. The van der Waals surface area contributed by atoms with Crippen LogP contribution in [0.5, 0.6) is 11.5 Å². The Labute approximate surface area is 103 Å². The molecule has 1 heterocycles. The SMILES string of the molecule is COc1cccc(C2CNCCC2C)c1OC. The van der Waals surface area contributed by atoms with Crippen molar-refractivity contribution in [1.29, 1.82) is 0 Å². The Balaban J connectivity index is 2.36. The van der Waals surface area contributed by atoms with Gasteiger partial charge in [-0.05, 0) is 24.9 Å². The van der Waals surface area contributed by atoms with Gasteiger partial charge in [-0.1, -0.05) is 19.1 Å². The molecule has 0 aromatic heterocycles. The third-order valence-corrected chi connectivity index (χ3v) is 3.66. The number of nitrogens with one attached hydrogen (secondary N) is 1. The quantitative estimate of drug-likeness (QED) is 0.872. The first kappa shape index (κ1) is 12.2. The molecule has 1 aliphatic rings. The van der Waals surface area contributed by atoms with Gasteiger partial charge in [0.1, 0.15) is 0 Å². The second kappa shape index (κ2) is 5.41. The fourth-order valence-corrected chi connectivity index (χ4v) is 2.61. The summed E-state index contributed by atoms with van der Waals surface area (Å²) in [6, 6.07) is 6.14. The zero-order valence-corrected chi connectivity index (χ0v) is 10.8. The number of ether oxygens (including phenoxy) is 2. The smallest absolute Gasteiger partial charge is 0.164 e. The minimum atomic E-state index is 0.508. The lowest BCUT2D eigenvalue weighted by Gasteiger charge is -2.31. The van der Waals surface area contributed by atoms with Gasteiger partial charge in [0.25, 0.3) is 0 Å². The van der Waals surface area contributed by atoms with Crippen LogP contribution in [-0.2, 0) is 0 Å². The van der Waals surface area contributed by atoms with Gasteiger partial charge in [-0.15, -0.1) is 0 Å². The van der Waals surface area contributed by atoms with Crippen molar-refractivity contribution < 1.29 is 9.47 Å². The molecule has 94 valence electrons. The number of para-hydroxylation sites is 1.